The van der Waals surface area contributed by atoms with Gasteiger partial charge in [0.2, 0.25) is 5.91 Å². The quantitative estimate of drug-likeness (QED) is 0.776. The lowest BCUT2D eigenvalue weighted by atomic mass is 10.2. The number of amides is 1. The minimum Gasteiger partial charge on any atom is -0.273 e. The average Bonchev–Trinajstić information content (AvgIpc) is 2.38. The van der Waals surface area contributed by atoms with Crippen molar-refractivity contribution in [3.63, 3.8) is 0 Å². The van der Waals surface area contributed by atoms with E-state index in [1.807, 2.05) is 18.2 Å². The highest BCUT2D eigenvalue weighted by Gasteiger charge is 2.17. The first-order chi connectivity index (χ1) is 7.86. The van der Waals surface area contributed by atoms with Crippen LogP contribution in [0.2, 0.25) is 0 Å². The molecule has 0 aromatic carbocycles. The normalized spacial score (nSPS) is 16.1. The predicted octanol–water partition coefficient (Wildman–Crippen LogP) is 1.57. The molecule has 1 saturated heterocycles. The van der Waals surface area contributed by atoms with E-state index in [0.29, 0.717) is 19.4 Å². The lowest BCUT2D eigenvalue weighted by molar-refractivity contribution is -0.197. The van der Waals surface area contributed by atoms with E-state index in [9.17, 15) is 4.79 Å². The van der Waals surface area contributed by atoms with Crippen LogP contribution >= 0.6 is 0 Å². The minimum absolute atomic E-state index is 0.0605. The first kappa shape index (κ1) is 11.1. The van der Waals surface area contributed by atoms with Crippen LogP contribution in [-0.4, -0.2) is 29.1 Å². The summed E-state index contributed by atoms with van der Waals surface area (Å²) in [4.78, 5) is 21.2. The number of aryl methyl sites for hydroxylation is 1. The maximum Gasteiger partial charge on any atom is 0.246 e. The van der Waals surface area contributed by atoms with Crippen LogP contribution < -0.4 is 0 Å². The van der Waals surface area contributed by atoms with Gasteiger partial charge in [-0.3, -0.25) is 14.6 Å². The third kappa shape index (κ3) is 3.03. The van der Waals surface area contributed by atoms with Crippen molar-refractivity contribution in [3.05, 3.63) is 30.1 Å². The van der Waals surface area contributed by atoms with Crippen molar-refractivity contribution in [1.82, 2.24) is 10.0 Å². The molecule has 0 aliphatic carbocycles. The summed E-state index contributed by atoms with van der Waals surface area (Å²) in [6.45, 7) is 1.39. The lowest BCUT2D eigenvalue weighted by Gasteiger charge is -2.25. The zero-order chi connectivity index (χ0) is 11.2. The maximum absolute atomic E-state index is 11.7. The van der Waals surface area contributed by atoms with E-state index in [0.717, 1.165) is 25.1 Å². The number of hydrogen-bond donors (Lipinski definition) is 0. The highest BCUT2D eigenvalue weighted by Crippen LogP contribution is 2.09. The van der Waals surface area contributed by atoms with E-state index >= 15 is 0 Å². The van der Waals surface area contributed by atoms with Gasteiger partial charge in [-0.25, -0.2) is 5.06 Å². The molecule has 4 heteroatoms. The van der Waals surface area contributed by atoms with E-state index in [2.05, 4.69) is 4.98 Å². The van der Waals surface area contributed by atoms with Gasteiger partial charge in [0.25, 0.3) is 0 Å². The van der Waals surface area contributed by atoms with Gasteiger partial charge in [0.1, 0.15) is 0 Å². The zero-order valence-electron chi connectivity index (χ0n) is 9.26. The number of hydrogen-bond acceptors (Lipinski definition) is 3. The van der Waals surface area contributed by atoms with Crippen molar-refractivity contribution >= 4 is 5.91 Å². The van der Waals surface area contributed by atoms with Gasteiger partial charge in [-0.15, -0.1) is 0 Å². The van der Waals surface area contributed by atoms with Crippen molar-refractivity contribution in [2.75, 3.05) is 13.2 Å². The first-order valence-electron chi connectivity index (χ1n) is 5.69. The molecular weight excluding hydrogens is 204 g/mol. The molecular formula is C12H16N2O2. The average molecular weight is 220 g/mol. The second-order valence-electron chi connectivity index (χ2n) is 3.86. The molecule has 1 aromatic rings. The zero-order valence-corrected chi connectivity index (χ0v) is 9.26. The van der Waals surface area contributed by atoms with Crippen LogP contribution in [-0.2, 0) is 16.1 Å². The van der Waals surface area contributed by atoms with Crippen molar-refractivity contribution in [1.29, 1.82) is 0 Å². The fourth-order valence-electron chi connectivity index (χ4n) is 1.70. The molecule has 0 saturated carbocycles. The second-order valence-corrected chi connectivity index (χ2v) is 3.86. The molecule has 16 heavy (non-hydrogen) atoms. The number of nitrogens with zero attached hydrogens (tertiary/aromatic N) is 2. The Bertz CT molecular complexity index is 334. The summed E-state index contributed by atoms with van der Waals surface area (Å²) >= 11 is 0. The highest BCUT2D eigenvalue weighted by molar-refractivity contribution is 5.75. The molecule has 1 amide bonds. The first-order valence-corrected chi connectivity index (χ1v) is 5.69. The number of rotatable bonds is 3. The van der Waals surface area contributed by atoms with E-state index < -0.39 is 0 Å². The third-order valence-electron chi connectivity index (χ3n) is 2.60. The molecule has 0 radical (unpaired) electrons. The van der Waals surface area contributed by atoms with Gasteiger partial charge in [0.05, 0.1) is 6.61 Å². The molecule has 1 aliphatic rings. The Kier molecular flexibility index (Phi) is 3.88. The van der Waals surface area contributed by atoms with Crippen LogP contribution in [0.25, 0.3) is 0 Å². The van der Waals surface area contributed by atoms with Gasteiger partial charge in [-0.1, -0.05) is 6.07 Å². The molecule has 0 spiro atoms. The molecule has 1 fully saturated rings. The van der Waals surface area contributed by atoms with Crippen molar-refractivity contribution in [2.45, 2.75) is 25.7 Å². The molecule has 86 valence electrons. The largest absolute Gasteiger partial charge is 0.273 e. The van der Waals surface area contributed by atoms with Crippen LogP contribution in [0.3, 0.4) is 0 Å². The Balaban J connectivity index is 1.79. The Morgan fingerprint density at radius 3 is 3.06 bits per heavy atom. The van der Waals surface area contributed by atoms with Crippen LogP contribution in [0, 0.1) is 0 Å². The molecule has 2 rings (SSSR count). The highest BCUT2D eigenvalue weighted by atomic mass is 16.7. The third-order valence-corrected chi connectivity index (χ3v) is 2.60. The number of hydroxylamine groups is 2. The fourth-order valence-corrected chi connectivity index (χ4v) is 1.70. The molecule has 1 aromatic heterocycles. The molecule has 4 nitrogen and oxygen atoms in total. The Labute approximate surface area is 95.2 Å². The summed E-state index contributed by atoms with van der Waals surface area (Å²) < 4.78 is 0. The molecule has 0 bridgehead atoms. The Hall–Kier alpha value is -1.42. The van der Waals surface area contributed by atoms with Crippen molar-refractivity contribution in [3.8, 4) is 0 Å². The predicted molar refractivity (Wildman–Crippen MR) is 59.5 cm³/mol. The summed E-state index contributed by atoms with van der Waals surface area (Å²) in [6, 6.07) is 5.74. The topological polar surface area (TPSA) is 42.4 Å². The summed E-state index contributed by atoms with van der Waals surface area (Å²) in [5, 5.41) is 1.49. The van der Waals surface area contributed by atoms with Crippen molar-refractivity contribution < 1.29 is 9.63 Å². The van der Waals surface area contributed by atoms with Gasteiger partial charge in [0, 0.05) is 24.9 Å². The molecule has 1 aliphatic heterocycles. The van der Waals surface area contributed by atoms with Crippen molar-refractivity contribution in [2.24, 2.45) is 0 Å². The molecule has 0 atom stereocenters. The van der Waals surface area contributed by atoms with Gasteiger partial charge in [-0.2, -0.15) is 0 Å². The molecule has 0 unspecified atom stereocenters. The van der Waals surface area contributed by atoms with Crippen LogP contribution in [0.1, 0.15) is 25.0 Å². The van der Waals surface area contributed by atoms with Gasteiger partial charge in [-0.05, 0) is 31.4 Å². The monoisotopic (exact) mass is 220 g/mol. The molecule has 0 N–H and O–H groups in total. The smallest absolute Gasteiger partial charge is 0.246 e. The number of carbonyl (C=O) groups is 1. The fraction of sp³-hybridized carbons (Fsp3) is 0.500. The molecule has 2 heterocycles. The summed E-state index contributed by atoms with van der Waals surface area (Å²) in [5.74, 6) is 0.0605. The lowest BCUT2D eigenvalue weighted by Crippen LogP contribution is -2.35. The van der Waals surface area contributed by atoms with Gasteiger partial charge >= 0.3 is 0 Å². The Morgan fingerprint density at radius 1 is 1.44 bits per heavy atom. The van der Waals surface area contributed by atoms with Crippen LogP contribution in [0.4, 0.5) is 0 Å². The summed E-state index contributed by atoms with van der Waals surface area (Å²) in [7, 11) is 0. The maximum atomic E-state index is 11.7. The summed E-state index contributed by atoms with van der Waals surface area (Å²) in [6.07, 6.45) is 4.98. The SMILES string of the molecule is O=C(CCc1ccccn1)N1CCCCO1. The van der Waals surface area contributed by atoms with E-state index in [1.54, 1.807) is 6.20 Å². The van der Waals surface area contributed by atoms with Gasteiger partial charge < -0.3 is 0 Å². The van der Waals surface area contributed by atoms with E-state index in [1.165, 1.54) is 5.06 Å². The number of pyridine rings is 1. The number of carbonyl (C=O) groups excluding carboxylic acids is 1. The second kappa shape index (κ2) is 5.61. The van der Waals surface area contributed by atoms with Gasteiger partial charge in [0.15, 0.2) is 0 Å². The van der Waals surface area contributed by atoms with E-state index in [-0.39, 0.29) is 5.91 Å². The number of aromatic nitrogens is 1. The summed E-state index contributed by atoms with van der Waals surface area (Å²) in [5.41, 5.74) is 0.952. The van der Waals surface area contributed by atoms with E-state index in [4.69, 9.17) is 4.84 Å². The Morgan fingerprint density at radius 2 is 2.38 bits per heavy atom. The standard InChI is InChI=1S/C12H16N2O2/c15-12(14-9-3-4-10-16-14)7-6-11-5-1-2-8-13-11/h1-2,5,8H,3-4,6-7,9-10H2. The minimum atomic E-state index is 0.0605. The van der Waals surface area contributed by atoms with Crippen LogP contribution in [0.5, 0.6) is 0 Å². The van der Waals surface area contributed by atoms with Crippen LogP contribution in [0.15, 0.2) is 24.4 Å².